The van der Waals surface area contributed by atoms with Crippen molar-refractivity contribution in [3.63, 3.8) is 0 Å². The number of nitrogens with zero attached hydrogens (tertiary/aromatic N) is 1. The average molecular weight is 301 g/mol. The number of aliphatic hydroxyl groups is 1. The first-order chi connectivity index (χ1) is 10.5. The molecular formula is C17H20FN3O. The monoisotopic (exact) mass is 301 g/mol. The van der Waals surface area contributed by atoms with Crippen LogP contribution < -0.4 is 11.6 Å². The molecule has 0 aliphatic carbocycles. The third-order valence-corrected chi connectivity index (χ3v) is 3.26. The highest BCUT2D eigenvalue weighted by Gasteiger charge is 2.08. The van der Waals surface area contributed by atoms with Gasteiger partial charge in [0.1, 0.15) is 11.6 Å². The molecule has 5 N–H and O–H groups in total. The van der Waals surface area contributed by atoms with Crippen LogP contribution >= 0.6 is 0 Å². The molecular weight excluding hydrogens is 281 g/mol. The summed E-state index contributed by atoms with van der Waals surface area (Å²) < 4.78 is 12.8. The van der Waals surface area contributed by atoms with Crippen molar-refractivity contribution in [3.8, 4) is 0 Å². The van der Waals surface area contributed by atoms with Crippen molar-refractivity contribution in [2.24, 2.45) is 11.6 Å². The van der Waals surface area contributed by atoms with Gasteiger partial charge in [0.2, 0.25) is 0 Å². The van der Waals surface area contributed by atoms with E-state index in [1.54, 1.807) is 12.1 Å². The summed E-state index contributed by atoms with van der Waals surface area (Å²) in [4.78, 5) is 0. The number of hydrazine groups is 1. The minimum Gasteiger partial charge on any atom is -0.509 e. The Morgan fingerprint density at radius 1 is 1.00 bits per heavy atom. The molecule has 0 radical (unpaired) electrons. The molecule has 0 atom stereocenters. The molecule has 0 saturated heterocycles. The Balaban J connectivity index is 1.93. The SMILES string of the molecule is N/C(Cc1ccccc1)=C(\O)CN(N)Cc1ccc(F)cc1. The molecule has 0 amide bonds. The van der Waals surface area contributed by atoms with Gasteiger partial charge in [-0.25, -0.2) is 9.40 Å². The number of nitrogens with two attached hydrogens (primary N) is 2. The van der Waals surface area contributed by atoms with Crippen LogP contribution in [0.5, 0.6) is 0 Å². The predicted molar refractivity (Wildman–Crippen MR) is 85.0 cm³/mol. The molecule has 116 valence electrons. The molecule has 5 heteroatoms. The summed E-state index contributed by atoms with van der Waals surface area (Å²) in [7, 11) is 0. The molecule has 4 nitrogen and oxygen atoms in total. The van der Waals surface area contributed by atoms with E-state index in [1.165, 1.54) is 17.1 Å². The summed E-state index contributed by atoms with van der Waals surface area (Å²) in [6, 6.07) is 15.7. The lowest BCUT2D eigenvalue weighted by Crippen LogP contribution is -2.33. The first kappa shape index (κ1) is 16.0. The van der Waals surface area contributed by atoms with E-state index in [-0.39, 0.29) is 18.1 Å². The number of aliphatic hydroxyl groups excluding tert-OH is 1. The van der Waals surface area contributed by atoms with Gasteiger partial charge in [-0.1, -0.05) is 42.5 Å². The van der Waals surface area contributed by atoms with Crippen LogP contribution in [-0.4, -0.2) is 16.7 Å². The summed E-state index contributed by atoms with van der Waals surface area (Å²) in [5.41, 5.74) is 8.18. The maximum atomic E-state index is 12.8. The van der Waals surface area contributed by atoms with Gasteiger partial charge in [-0.15, -0.1) is 0 Å². The van der Waals surface area contributed by atoms with Gasteiger partial charge in [-0.05, 0) is 23.3 Å². The first-order valence-electron chi connectivity index (χ1n) is 6.99. The fourth-order valence-corrected chi connectivity index (χ4v) is 2.09. The molecule has 0 aliphatic rings. The van der Waals surface area contributed by atoms with Gasteiger partial charge >= 0.3 is 0 Å². The zero-order valence-electron chi connectivity index (χ0n) is 12.2. The van der Waals surface area contributed by atoms with Crippen LogP contribution in [0.2, 0.25) is 0 Å². The van der Waals surface area contributed by atoms with Gasteiger partial charge in [0.05, 0.1) is 12.2 Å². The number of hydrogen-bond donors (Lipinski definition) is 3. The summed E-state index contributed by atoms with van der Waals surface area (Å²) in [5.74, 6) is 5.63. The van der Waals surface area contributed by atoms with E-state index < -0.39 is 0 Å². The second kappa shape index (κ2) is 7.59. The average Bonchev–Trinajstić information content (AvgIpc) is 2.50. The number of rotatable bonds is 6. The van der Waals surface area contributed by atoms with Gasteiger partial charge in [-0.3, -0.25) is 5.84 Å². The Hall–Kier alpha value is -2.37. The third kappa shape index (κ3) is 4.87. The lowest BCUT2D eigenvalue weighted by atomic mass is 10.1. The van der Waals surface area contributed by atoms with Crippen LogP contribution in [0.4, 0.5) is 4.39 Å². The lowest BCUT2D eigenvalue weighted by molar-refractivity contribution is 0.244. The van der Waals surface area contributed by atoms with E-state index in [0.29, 0.717) is 18.7 Å². The zero-order valence-corrected chi connectivity index (χ0v) is 12.2. The molecule has 2 aromatic rings. The Morgan fingerprint density at radius 3 is 2.27 bits per heavy atom. The molecule has 0 aliphatic heterocycles. The van der Waals surface area contributed by atoms with Crippen LogP contribution in [0.1, 0.15) is 11.1 Å². The van der Waals surface area contributed by atoms with Gasteiger partial charge < -0.3 is 10.8 Å². The normalized spacial score (nSPS) is 12.3. The van der Waals surface area contributed by atoms with E-state index in [1.807, 2.05) is 30.3 Å². The van der Waals surface area contributed by atoms with Crippen LogP contribution in [0.25, 0.3) is 0 Å². The quantitative estimate of drug-likeness (QED) is 0.435. The number of allylic oxidation sites excluding steroid dienone is 1. The van der Waals surface area contributed by atoms with Gasteiger partial charge in [0.15, 0.2) is 0 Å². The highest BCUT2D eigenvalue weighted by Crippen LogP contribution is 2.09. The van der Waals surface area contributed by atoms with Crippen molar-refractivity contribution in [2.45, 2.75) is 13.0 Å². The molecule has 0 fully saturated rings. The molecule has 0 aromatic heterocycles. The van der Waals surface area contributed by atoms with E-state index in [9.17, 15) is 9.50 Å². The highest BCUT2D eigenvalue weighted by atomic mass is 19.1. The first-order valence-corrected chi connectivity index (χ1v) is 6.99. The molecule has 0 bridgehead atoms. The van der Waals surface area contributed by atoms with Crippen LogP contribution in [0.3, 0.4) is 0 Å². The summed E-state index contributed by atoms with van der Waals surface area (Å²) in [6.45, 7) is 0.527. The van der Waals surface area contributed by atoms with Gasteiger partial charge in [0, 0.05) is 13.0 Å². The van der Waals surface area contributed by atoms with Crippen LogP contribution in [0.15, 0.2) is 66.1 Å². The van der Waals surface area contributed by atoms with Gasteiger partial charge in [0.25, 0.3) is 0 Å². The summed E-state index contributed by atoms with van der Waals surface area (Å²) in [5, 5.41) is 11.5. The Kier molecular flexibility index (Phi) is 5.52. The standard InChI is InChI=1S/C17H20FN3O/c18-15-8-6-14(7-9-15)11-21(20)12-17(22)16(19)10-13-4-2-1-3-5-13/h1-9,22H,10-12,19-20H2/b17-16-. The Labute approximate surface area is 129 Å². The maximum absolute atomic E-state index is 12.8. The van der Waals surface area contributed by atoms with E-state index >= 15 is 0 Å². The minimum atomic E-state index is -0.290. The second-order valence-electron chi connectivity index (χ2n) is 5.17. The molecule has 0 unspecified atom stereocenters. The summed E-state index contributed by atoms with van der Waals surface area (Å²) in [6.07, 6.45) is 0.469. The number of hydrogen-bond acceptors (Lipinski definition) is 4. The molecule has 0 spiro atoms. The van der Waals surface area contributed by atoms with Crippen LogP contribution in [-0.2, 0) is 13.0 Å². The number of halogens is 1. The predicted octanol–water partition coefficient (Wildman–Crippen LogP) is 2.47. The van der Waals surface area contributed by atoms with Crippen molar-refractivity contribution in [1.29, 1.82) is 0 Å². The van der Waals surface area contributed by atoms with E-state index in [0.717, 1.165) is 11.1 Å². The van der Waals surface area contributed by atoms with E-state index in [2.05, 4.69) is 0 Å². The third-order valence-electron chi connectivity index (χ3n) is 3.26. The van der Waals surface area contributed by atoms with Crippen molar-refractivity contribution in [1.82, 2.24) is 5.01 Å². The fraction of sp³-hybridized carbons (Fsp3) is 0.176. The zero-order chi connectivity index (χ0) is 15.9. The van der Waals surface area contributed by atoms with Crippen molar-refractivity contribution < 1.29 is 9.50 Å². The van der Waals surface area contributed by atoms with Gasteiger partial charge in [-0.2, -0.15) is 0 Å². The Bertz CT molecular complexity index is 626. The smallest absolute Gasteiger partial charge is 0.127 e. The largest absolute Gasteiger partial charge is 0.509 e. The summed E-state index contributed by atoms with van der Waals surface area (Å²) >= 11 is 0. The maximum Gasteiger partial charge on any atom is 0.127 e. The van der Waals surface area contributed by atoms with Crippen LogP contribution in [0, 0.1) is 5.82 Å². The van der Waals surface area contributed by atoms with E-state index in [4.69, 9.17) is 11.6 Å². The second-order valence-corrected chi connectivity index (χ2v) is 5.17. The van der Waals surface area contributed by atoms with Crippen molar-refractivity contribution in [3.05, 3.63) is 83.0 Å². The molecule has 2 aromatic carbocycles. The minimum absolute atomic E-state index is 0.0495. The fourth-order valence-electron chi connectivity index (χ4n) is 2.09. The molecule has 2 rings (SSSR count). The molecule has 0 saturated carbocycles. The highest BCUT2D eigenvalue weighted by molar-refractivity contribution is 5.22. The van der Waals surface area contributed by atoms with Crippen molar-refractivity contribution >= 4 is 0 Å². The molecule has 22 heavy (non-hydrogen) atoms. The lowest BCUT2D eigenvalue weighted by Gasteiger charge is -2.17. The Morgan fingerprint density at radius 2 is 1.64 bits per heavy atom. The number of benzene rings is 2. The molecule has 0 heterocycles. The topological polar surface area (TPSA) is 75.5 Å². The van der Waals surface area contributed by atoms with Crippen molar-refractivity contribution in [2.75, 3.05) is 6.54 Å².